The first-order valence-corrected chi connectivity index (χ1v) is 16.2. The number of esters is 3. The van der Waals surface area contributed by atoms with Gasteiger partial charge >= 0.3 is 17.9 Å². The summed E-state index contributed by atoms with van der Waals surface area (Å²) in [7, 11) is 7.98. The fraction of sp³-hybridized carbons (Fsp3) is 0.231. The molecule has 0 aromatic heterocycles. The number of methoxy groups -OCH3 is 6. The zero-order valence-electron chi connectivity index (χ0n) is 30.4. The van der Waals surface area contributed by atoms with Gasteiger partial charge in [-0.15, -0.1) is 0 Å². The van der Waals surface area contributed by atoms with Crippen LogP contribution in [0.15, 0.2) is 72.8 Å². The topological polar surface area (TPSA) is 194 Å². The molecule has 0 radical (unpaired) electrons. The van der Waals surface area contributed by atoms with Gasteiger partial charge in [0.15, 0.2) is 0 Å². The average molecular weight is 742 g/mol. The Morgan fingerprint density at radius 3 is 0.759 bits per heavy atom. The van der Waals surface area contributed by atoms with Crippen LogP contribution < -0.4 is 30.2 Å². The summed E-state index contributed by atoms with van der Waals surface area (Å²) in [5.74, 6) is -2.44. The molecular formula is C39H39N3O12. The monoisotopic (exact) mass is 741 g/mol. The fourth-order valence-electron chi connectivity index (χ4n) is 5.52. The lowest BCUT2D eigenvalue weighted by Gasteiger charge is -2.25. The van der Waals surface area contributed by atoms with Gasteiger partial charge in [0.1, 0.15) is 17.2 Å². The van der Waals surface area contributed by atoms with E-state index in [9.17, 15) is 28.8 Å². The van der Waals surface area contributed by atoms with Gasteiger partial charge in [-0.2, -0.15) is 0 Å². The molecule has 0 fully saturated rings. The molecule has 15 nitrogen and oxygen atoms in total. The van der Waals surface area contributed by atoms with Crippen molar-refractivity contribution in [3.05, 3.63) is 123 Å². The minimum Gasteiger partial charge on any atom is -0.496 e. The predicted octanol–water partition coefficient (Wildman–Crippen LogP) is 3.86. The zero-order valence-corrected chi connectivity index (χ0v) is 30.4. The van der Waals surface area contributed by atoms with E-state index < -0.39 is 35.6 Å². The molecule has 0 aliphatic heterocycles. The quantitative estimate of drug-likeness (QED) is 0.118. The summed E-state index contributed by atoms with van der Waals surface area (Å²) >= 11 is 0. The van der Waals surface area contributed by atoms with Crippen molar-refractivity contribution in [2.75, 3.05) is 42.7 Å². The first-order chi connectivity index (χ1) is 26.0. The number of hydrogen-bond acceptors (Lipinski definition) is 12. The van der Waals surface area contributed by atoms with Crippen LogP contribution in [-0.2, 0) is 33.8 Å². The van der Waals surface area contributed by atoms with Crippen molar-refractivity contribution in [3.63, 3.8) is 0 Å². The van der Waals surface area contributed by atoms with Crippen LogP contribution in [0.4, 0.5) is 0 Å². The van der Waals surface area contributed by atoms with Crippen LogP contribution >= 0.6 is 0 Å². The lowest BCUT2D eigenvalue weighted by molar-refractivity contribution is 0.0592. The Bertz CT molecular complexity index is 1770. The maximum Gasteiger partial charge on any atom is 0.337 e. The Labute approximate surface area is 310 Å². The van der Waals surface area contributed by atoms with Gasteiger partial charge in [-0.25, -0.2) is 14.4 Å². The van der Waals surface area contributed by atoms with Gasteiger partial charge in [0.05, 0.1) is 95.7 Å². The maximum atomic E-state index is 13.3. The molecule has 0 atom stereocenters. The van der Waals surface area contributed by atoms with Crippen molar-refractivity contribution < 1.29 is 57.2 Å². The van der Waals surface area contributed by atoms with Crippen LogP contribution in [0.3, 0.4) is 0 Å². The first-order valence-electron chi connectivity index (χ1n) is 16.2. The summed E-state index contributed by atoms with van der Waals surface area (Å²) in [5, 5.41) is 8.50. The molecule has 0 saturated heterocycles. The molecule has 54 heavy (non-hydrogen) atoms. The van der Waals surface area contributed by atoms with Crippen LogP contribution in [0, 0.1) is 0 Å². The van der Waals surface area contributed by atoms with Crippen molar-refractivity contribution in [2.24, 2.45) is 0 Å². The Morgan fingerprint density at radius 1 is 0.370 bits per heavy atom. The molecule has 3 amide bonds. The van der Waals surface area contributed by atoms with Crippen molar-refractivity contribution >= 4 is 35.6 Å². The number of rotatable bonds is 15. The highest BCUT2D eigenvalue weighted by Gasteiger charge is 2.28. The van der Waals surface area contributed by atoms with Crippen molar-refractivity contribution in [3.8, 4) is 17.2 Å². The third-order valence-corrected chi connectivity index (χ3v) is 8.24. The summed E-state index contributed by atoms with van der Waals surface area (Å²) in [6.07, 6.45) is 0. The van der Waals surface area contributed by atoms with Crippen molar-refractivity contribution in [1.29, 1.82) is 0 Å². The molecule has 0 saturated carbocycles. The van der Waals surface area contributed by atoms with Crippen LogP contribution in [0.2, 0.25) is 0 Å². The van der Waals surface area contributed by atoms with Gasteiger partial charge in [-0.1, -0.05) is 0 Å². The van der Waals surface area contributed by atoms with E-state index in [1.165, 1.54) is 115 Å². The summed E-state index contributed by atoms with van der Waals surface area (Å²) < 4.78 is 31.7. The van der Waals surface area contributed by atoms with E-state index in [4.69, 9.17) is 28.4 Å². The second kappa shape index (κ2) is 18.5. The van der Waals surface area contributed by atoms with Gasteiger partial charge in [-0.05, 0) is 72.8 Å². The SMILES string of the molecule is COC(=O)c1ccc(C(=O)NCc2c(OC)c(CNC(=O)c3ccc(C(=O)OC)cc3)c(OC)c(CNC(=O)c3ccc(C(=O)OC)cc3)c2OC)cc1. The largest absolute Gasteiger partial charge is 0.496 e. The fourth-order valence-corrected chi connectivity index (χ4v) is 5.52. The van der Waals surface area contributed by atoms with E-state index in [2.05, 4.69) is 16.0 Å². The van der Waals surface area contributed by atoms with E-state index >= 15 is 0 Å². The molecule has 15 heteroatoms. The van der Waals surface area contributed by atoms with E-state index in [0.29, 0.717) is 16.7 Å². The molecular weight excluding hydrogens is 702 g/mol. The molecule has 0 heterocycles. The van der Waals surface area contributed by atoms with Crippen molar-refractivity contribution in [1.82, 2.24) is 16.0 Å². The minimum absolute atomic E-state index is 0.139. The number of ether oxygens (including phenoxy) is 6. The molecule has 0 bridgehead atoms. The van der Waals surface area contributed by atoms with Crippen LogP contribution in [0.25, 0.3) is 0 Å². The molecule has 0 aliphatic carbocycles. The molecule has 4 aromatic carbocycles. The van der Waals surface area contributed by atoms with E-state index in [0.717, 1.165) is 0 Å². The molecule has 0 spiro atoms. The number of nitrogens with one attached hydrogen (secondary N) is 3. The Hall–Kier alpha value is -6.90. The highest BCUT2D eigenvalue weighted by molar-refractivity contribution is 5.98. The molecule has 4 aromatic rings. The van der Waals surface area contributed by atoms with Crippen molar-refractivity contribution in [2.45, 2.75) is 19.6 Å². The zero-order chi connectivity index (χ0) is 39.4. The number of carbonyl (C=O) groups is 6. The average Bonchev–Trinajstić information content (AvgIpc) is 3.22. The molecule has 4 rings (SSSR count). The molecule has 282 valence electrons. The highest BCUT2D eigenvalue weighted by Crippen LogP contribution is 2.44. The normalized spacial score (nSPS) is 10.3. The number of benzene rings is 4. The van der Waals surface area contributed by atoms with E-state index in [1.54, 1.807) is 0 Å². The van der Waals surface area contributed by atoms with Gasteiger partial charge in [0, 0.05) is 16.7 Å². The van der Waals surface area contributed by atoms with Gasteiger partial charge < -0.3 is 44.4 Å². The van der Waals surface area contributed by atoms with Gasteiger partial charge in [-0.3, -0.25) is 14.4 Å². The Balaban J connectivity index is 1.71. The molecule has 3 N–H and O–H groups in total. The van der Waals surface area contributed by atoms with E-state index in [1.807, 2.05) is 0 Å². The van der Waals surface area contributed by atoms with E-state index in [-0.39, 0.29) is 70.3 Å². The standard InChI is InChI=1S/C39H39N3O12/c1-49-31-28(19-40-34(43)22-7-13-25(14-8-22)37(46)52-4)32(50-2)30(21-42-36(45)24-11-17-27(18-12-24)39(48)54-6)33(51-3)29(31)20-41-35(44)23-9-15-26(16-10-23)38(47)53-5/h7-18H,19-21H2,1-6H3,(H,40,43)(H,41,44)(H,42,45). The molecule has 0 aliphatic rings. The second-order valence-corrected chi connectivity index (χ2v) is 11.3. The Kier molecular flexibility index (Phi) is 13.7. The van der Waals surface area contributed by atoms with Crippen LogP contribution in [-0.4, -0.2) is 78.3 Å². The third-order valence-electron chi connectivity index (χ3n) is 8.24. The first kappa shape index (κ1) is 39.9. The Morgan fingerprint density at radius 2 is 0.574 bits per heavy atom. The smallest absolute Gasteiger partial charge is 0.337 e. The minimum atomic E-state index is -0.551. The summed E-state index contributed by atoms with van der Waals surface area (Å²) in [4.78, 5) is 75.4. The summed E-state index contributed by atoms with van der Waals surface area (Å²) in [6.45, 7) is -0.417. The summed E-state index contributed by atoms with van der Waals surface area (Å²) in [6, 6.07) is 17.6. The summed E-state index contributed by atoms with van der Waals surface area (Å²) in [5.41, 5.74) is 2.65. The maximum absolute atomic E-state index is 13.3. The number of carbonyl (C=O) groups excluding carboxylic acids is 6. The van der Waals surface area contributed by atoms with Crippen LogP contribution in [0.1, 0.15) is 78.8 Å². The second-order valence-electron chi connectivity index (χ2n) is 11.3. The van der Waals surface area contributed by atoms with Gasteiger partial charge in [0.2, 0.25) is 0 Å². The number of hydrogen-bond donors (Lipinski definition) is 3. The van der Waals surface area contributed by atoms with Crippen LogP contribution in [0.5, 0.6) is 17.2 Å². The van der Waals surface area contributed by atoms with Gasteiger partial charge in [0.25, 0.3) is 17.7 Å². The molecule has 0 unspecified atom stereocenters. The third kappa shape index (κ3) is 9.11. The number of amides is 3. The lowest BCUT2D eigenvalue weighted by atomic mass is 9.98. The lowest BCUT2D eigenvalue weighted by Crippen LogP contribution is -2.27. The predicted molar refractivity (Wildman–Crippen MR) is 193 cm³/mol. The highest BCUT2D eigenvalue weighted by atomic mass is 16.5.